The summed E-state index contributed by atoms with van der Waals surface area (Å²) < 4.78 is 11.8. The number of halogens is 1. The molecule has 40 heavy (non-hydrogen) atoms. The number of hydrogen-bond acceptors (Lipinski definition) is 4. The first-order valence-electron chi connectivity index (χ1n) is 14.1. The molecule has 0 spiro atoms. The average Bonchev–Trinajstić information content (AvgIpc) is 2.93. The van der Waals surface area contributed by atoms with Gasteiger partial charge in [-0.2, -0.15) is 0 Å². The maximum atomic E-state index is 12.9. The van der Waals surface area contributed by atoms with Crippen LogP contribution in [-0.4, -0.2) is 56.7 Å². The summed E-state index contributed by atoms with van der Waals surface area (Å²) in [6.45, 7) is 1.36. The van der Waals surface area contributed by atoms with Gasteiger partial charge in [-0.05, 0) is 60.9 Å². The normalized spacial score (nSPS) is 12.0. The summed E-state index contributed by atoms with van der Waals surface area (Å²) in [5.74, 6) is 0.881. The van der Waals surface area contributed by atoms with Crippen molar-refractivity contribution in [1.29, 1.82) is 0 Å². The van der Waals surface area contributed by atoms with Gasteiger partial charge in [-0.25, -0.2) is 4.79 Å². The molecular formula is C33H42ClN2O4+. The maximum Gasteiger partial charge on any atom is 0.343 e. The molecule has 0 fully saturated rings. The van der Waals surface area contributed by atoms with Crippen LogP contribution in [0.5, 0.6) is 11.5 Å². The molecule has 214 valence electrons. The molecule has 6 nitrogen and oxygen atoms in total. The van der Waals surface area contributed by atoms with Crippen molar-refractivity contribution in [2.45, 2.75) is 51.0 Å². The molecule has 0 radical (unpaired) electrons. The number of unbranched alkanes of at least 4 members (excludes halogenated alkanes) is 5. The summed E-state index contributed by atoms with van der Waals surface area (Å²) in [7, 11) is 6.23. The van der Waals surface area contributed by atoms with Gasteiger partial charge < -0.3 is 19.3 Å². The molecule has 0 aliphatic rings. The Morgan fingerprint density at radius 3 is 2.12 bits per heavy atom. The Morgan fingerprint density at radius 1 is 0.800 bits per heavy atom. The number of amides is 1. The van der Waals surface area contributed by atoms with Gasteiger partial charge in [0.05, 0.1) is 33.3 Å². The third-order valence-corrected chi connectivity index (χ3v) is 6.98. The minimum atomic E-state index is -0.449. The van der Waals surface area contributed by atoms with Crippen molar-refractivity contribution in [3.8, 4) is 11.5 Å². The number of carbonyl (C=O) groups excluding carboxylic acids is 2. The molecule has 1 unspecified atom stereocenters. The smallest absolute Gasteiger partial charge is 0.343 e. The van der Waals surface area contributed by atoms with Crippen molar-refractivity contribution in [3.63, 3.8) is 0 Å². The van der Waals surface area contributed by atoms with Gasteiger partial charge in [-0.1, -0.05) is 73.7 Å². The van der Waals surface area contributed by atoms with Crippen molar-refractivity contribution in [2.24, 2.45) is 0 Å². The first-order chi connectivity index (χ1) is 19.2. The third kappa shape index (κ3) is 11.0. The van der Waals surface area contributed by atoms with Crippen LogP contribution in [0.4, 0.5) is 0 Å². The number of quaternary nitrogens is 1. The van der Waals surface area contributed by atoms with E-state index in [2.05, 4.69) is 38.6 Å². The number of likely N-dealkylation sites (N-methyl/N-ethyl adjacent to an activating group) is 1. The zero-order chi connectivity index (χ0) is 28.8. The molecule has 3 aromatic rings. The summed E-state index contributed by atoms with van der Waals surface area (Å²) in [4.78, 5) is 25.1. The van der Waals surface area contributed by atoms with Crippen LogP contribution in [0.15, 0.2) is 78.9 Å². The molecule has 3 rings (SSSR count). The van der Waals surface area contributed by atoms with Gasteiger partial charge >= 0.3 is 5.97 Å². The number of rotatable bonds is 16. The Kier molecular flexibility index (Phi) is 12.5. The maximum absolute atomic E-state index is 12.9. The van der Waals surface area contributed by atoms with Crippen LogP contribution in [0.2, 0.25) is 5.02 Å². The summed E-state index contributed by atoms with van der Waals surface area (Å²) in [6, 6.07) is 23.8. The lowest BCUT2D eigenvalue weighted by Crippen LogP contribution is -2.55. The van der Waals surface area contributed by atoms with E-state index in [0.717, 1.165) is 57.2 Å². The second-order valence-corrected chi connectivity index (χ2v) is 11.4. The summed E-state index contributed by atoms with van der Waals surface area (Å²) in [5, 5.41) is 3.65. The number of ether oxygens (including phenoxy) is 2. The lowest BCUT2D eigenvalue weighted by molar-refractivity contribution is -0.886. The number of hydrogen-bond donors (Lipinski definition) is 1. The van der Waals surface area contributed by atoms with Crippen molar-refractivity contribution >= 4 is 23.5 Å². The van der Waals surface area contributed by atoms with Crippen LogP contribution >= 0.6 is 11.6 Å². The first-order valence-corrected chi connectivity index (χ1v) is 14.4. The van der Waals surface area contributed by atoms with E-state index in [4.69, 9.17) is 21.1 Å². The third-order valence-electron chi connectivity index (χ3n) is 6.74. The lowest BCUT2D eigenvalue weighted by Gasteiger charge is -2.33. The van der Waals surface area contributed by atoms with Gasteiger partial charge in [0.25, 0.3) is 5.91 Å². The van der Waals surface area contributed by atoms with Gasteiger partial charge in [-0.3, -0.25) is 4.79 Å². The molecule has 0 heterocycles. The fourth-order valence-corrected chi connectivity index (χ4v) is 4.58. The molecule has 0 aliphatic carbocycles. The second-order valence-electron chi connectivity index (χ2n) is 11.0. The quantitative estimate of drug-likeness (QED) is 0.0907. The Labute approximate surface area is 243 Å². The van der Waals surface area contributed by atoms with Crippen molar-refractivity contribution in [2.75, 3.05) is 34.3 Å². The molecule has 0 aromatic heterocycles. The van der Waals surface area contributed by atoms with E-state index in [0.29, 0.717) is 27.4 Å². The zero-order valence-corrected chi connectivity index (χ0v) is 24.7. The fraction of sp³-hybridized carbons (Fsp3) is 0.394. The Balaban J connectivity index is 1.23. The van der Waals surface area contributed by atoms with E-state index in [1.165, 1.54) is 5.56 Å². The highest BCUT2D eigenvalue weighted by Crippen LogP contribution is 2.20. The fourth-order valence-electron chi connectivity index (χ4n) is 4.39. The first kappa shape index (κ1) is 31.2. The molecule has 0 aliphatic heterocycles. The molecule has 7 heteroatoms. The number of benzene rings is 3. The SMILES string of the molecule is C[N+](C)(C)C(Cc1ccccc1)C(=O)NCCCCCCCCOc1ccc(OC(=O)c2cccc(Cl)c2)cc1. The Hall–Kier alpha value is -3.35. The number of esters is 1. The van der Waals surface area contributed by atoms with Gasteiger partial charge in [0.15, 0.2) is 6.04 Å². The van der Waals surface area contributed by atoms with Gasteiger partial charge in [0.2, 0.25) is 0 Å². The van der Waals surface area contributed by atoms with Crippen molar-refractivity contribution in [3.05, 3.63) is 95.0 Å². The highest BCUT2D eigenvalue weighted by molar-refractivity contribution is 6.30. The summed E-state index contributed by atoms with van der Waals surface area (Å²) in [6.07, 6.45) is 7.20. The van der Waals surface area contributed by atoms with E-state index in [1.807, 2.05) is 18.2 Å². The molecule has 3 aromatic carbocycles. The van der Waals surface area contributed by atoms with E-state index < -0.39 is 5.97 Å². The number of carbonyl (C=O) groups is 2. The second kappa shape index (κ2) is 16.0. The van der Waals surface area contributed by atoms with Crippen LogP contribution in [0, 0.1) is 0 Å². The molecule has 0 saturated carbocycles. The highest BCUT2D eigenvalue weighted by atomic mass is 35.5. The summed E-state index contributed by atoms with van der Waals surface area (Å²) in [5.41, 5.74) is 1.59. The Morgan fingerprint density at radius 2 is 1.45 bits per heavy atom. The predicted octanol–water partition coefficient (Wildman–Crippen LogP) is 6.71. The monoisotopic (exact) mass is 565 g/mol. The average molecular weight is 566 g/mol. The Bertz CT molecular complexity index is 1190. The number of nitrogens with zero attached hydrogens (tertiary/aromatic N) is 1. The number of nitrogens with one attached hydrogen (secondary N) is 1. The van der Waals surface area contributed by atoms with Gasteiger partial charge in [0.1, 0.15) is 11.5 Å². The van der Waals surface area contributed by atoms with E-state index in [1.54, 1.807) is 48.5 Å². The van der Waals surface area contributed by atoms with Gasteiger partial charge in [0, 0.05) is 18.0 Å². The van der Waals surface area contributed by atoms with E-state index in [-0.39, 0.29) is 11.9 Å². The molecular weight excluding hydrogens is 524 g/mol. The molecule has 1 N–H and O–H groups in total. The summed E-state index contributed by atoms with van der Waals surface area (Å²) >= 11 is 5.94. The standard InChI is InChI=1S/C33H41ClN2O4/c1-36(2,3)31(24-26-14-9-8-10-15-26)32(37)35-22-11-6-4-5-7-12-23-39-29-18-20-30(21-19-29)40-33(38)27-16-13-17-28(34)25-27/h8-10,13-21,25,31H,4-7,11-12,22-24H2,1-3H3/p+1. The van der Waals surface area contributed by atoms with Crippen LogP contribution in [0.25, 0.3) is 0 Å². The van der Waals surface area contributed by atoms with Crippen molar-refractivity contribution in [1.82, 2.24) is 5.32 Å². The highest BCUT2D eigenvalue weighted by Gasteiger charge is 2.31. The molecule has 0 saturated heterocycles. The zero-order valence-electron chi connectivity index (χ0n) is 23.9. The topological polar surface area (TPSA) is 64.6 Å². The minimum absolute atomic E-state index is 0.109. The van der Waals surface area contributed by atoms with Crippen molar-refractivity contribution < 1.29 is 23.5 Å². The molecule has 1 atom stereocenters. The largest absolute Gasteiger partial charge is 0.494 e. The predicted molar refractivity (Wildman–Crippen MR) is 161 cm³/mol. The minimum Gasteiger partial charge on any atom is -0.494 e. The van der Waals surface area contributed by atoms with Gasteiger partial charge in [-0.15, -0.1) is 0 Å². The lowest BCUT2D eigenvalue weighted by atomic mass is 10.0. The van der Waals surface area contributed by atoms with Crippen LogP contribution in [0.1, 0.15) is 54.4 Å². The molecule has 0 bridgehead atoms. The van der Waals surface area contributed by atoms with Crippen LogP contribution in [0.3, 0.4) is 0 Å². The van der Waals surface area contributed by atoms with Crippen LogP contribution < -0.4 is 14.8 Å². The molecule has 1 amide bonds. The van der Waals surface area contributed by atoms with Crippen LogP contribution in [-0.2, 0) is 11.2 Å². The van der Waals surface area contributed by atoms with E-state index in [9.17, 15) is 9.59 Å². The van der Waals surface area contributed by atoms with E-state index >= 15 is 0 Å².